The third-order valence-electron chi connectivity index (χ3n) is 2.55. The zero-order chi connectivity index (χ0) is 9.42. The molecule has 0 aliphatic carbocycles. The van der Waals surface area contributed by atoms with Crippen molar-refractivity contribution < 1.29 is 0 Å². The van der Waals surface area contributed by atoms with Gasteiger partial charge in [-0.2, -0.15) is 0 Å². The monoisotopic (exact) mass is 263 g/mol. The van der Waals surface area contributed by atoms with Crippen LogP contribution in [0.3, 0.4) is 0 Å². The Kier molecular flexibility index (Phi) is 2.62. The number of hydrogen-bond acceptors (Lipinski definition) is 2. The zero-order valence-electron chi connectivity index (χ0n) is 7.13. The molecule has 0 saturated carbocycles. The molecule has 0 aromatic carbocycles. The van der Waals surface area contributed by atoms with Crippen molar-refractivity contribution in [1.29, 1.82) is 0 Å². The Balaban J connectivity index is 2.33. The number of nitrogens with two attached hydrogens (primary N) is 1. The van der Waals surface area contributed by atoms with Crippen LogP contribution in [0.1, 0.15) is 12.1 Å². The van der Waals surface area contributed by atoms with Crippen LogP contribution in [-0.2, 0) is 13.0 Å². The molecule has 2 rings (SSSR count). The van der Waals surface area contributed by atoms with Gasteiger partial charge >= 0.3 is 0 Å². The molecule has 72 valence electrons. The standard InChI is InChI=1S/C8H11BrClN3/c9-7-6-3-5(4-11)1-2-13(6)8(10)12-7/h5H,1-4,11H2. The summed E-state index contributed by atoms with van der Waals surface area (Å²) in [6, 6.07) is 0. The van der Waals surface area contributed by atoms with Gasteiger partial charge in [0.05, 0.1) is 5.69 Å². The lowest BCUT2D eigenvalue weighted by Crippen LogP contribution is -2.25. The molecular formula is C8H11BrClN3. The summed E-state index contributed by atoms with van der Waals surface area (Å²) in [5.74, 6) is 0.580. The molecule has 1 aliphatic heterocycles. The van der Waals surface area contributed by atoms with E-state index in [-0.39, 0.29) is 0 Å². The van der Waals surface area contributed by atoms with Crippen LogP contribution in [0.4, 0.5) is 0 Å². The van der Waals surface area contributed by atoms with Gasteiger partial charge in [-0.15, -0.1) is 0 Å². The molecule has 2 heterocycles. The quantitative estimate of drug-likeness (QED) is 0.841. The fourth-order valence-electron chi connectivity index (χ4n) is 1.74. The van der Waals surface area contributed by atoms with Crippen molar-refractivity contribution in [2.75, 3.05) is 6.54 Å². The smallest absolute Gasteiger partial charge is 0.204 e. The molecule has 0 fully saturated rings. The molecule has 2 N–H and O–H groups in total. The Morgan fingerprint density at radius 3 is 3.15 bits per heavy atom. The van der Waals surface area contributed by atoms with Crippen molar-refractivity contribution in [3.05, 3.63) is 15.6 Å². The summed E-state index contributed by atoms with van der Waals surface area (Å²) in [6.07, 6.45) is 2.09. The van der Waals surface area contributed by atoms with Gasteiger partial charge in [-0.3, -0.25) is 0 Å². The summed E-state index contributed by atoms with van der Waals surface area (Å²) in [5, 5.41) is 0.581. The first-order valence-electron chi connectivity index (χ1n) is 4.33. The second-order valence-corrected chi connectivity index (χ2v) is 4.45. The summed E-state index contributed by atoms with van der Waals surface area (Å²) in [5.41, 5.74) is 6.83. The van der Waals surface area contributed by atoms with Crippen LogP contribution in [0.2, 0.25) is 5.28 Å². The van der Waals surface area contributed by atoms with E-state index in [9.17, 15) is 0 Å². The summed E-state index contributed by atoms with van der Waals surface area (Å²) < 4.78 is 2.92. The van der Waals surface area contributed by atoms with Crippen LogP contribution in [0.25, 0.3) is 0 Å². The number of nitrogens with zero attached hydrogens (tertiary/aromatic N) is 2. The minimum Gasteiger partial charge on any atom is -0.330 e. The molecule has 1 atom stereocenters. The van der Waals surface area contributed by atoms with E-state index in [0.29, 0.717) is 11.2 Å². The maximum Gasteiger partial charge on any atom is 0.204 e. The van der Waals surface area contributed by atoms with E-state index in [0.717, 1.165) is 30.5 Å². The Bertz CT molecular complexity index is 323. The van der Waals surface area contributed by atoms with Gasteiger partial charge in [0.15, 0.2) is 0 Å². The van der Waals surface area contributed by atoms with Gasteiger partial charge in [-0.05, 0) is 52.8 Å². The van der Waals surface area contributed by atoms with Gasteiger partial charge in [0, 0.05) is 6.54 Å². The molecule has 0 amide bonds. The predicted molar refractivity (Wildman–Crippen MR) is 55.8 cm³/mol. The van der Waals surface area contributed by atoms with Crippen LogP contribution < -0.4 is 5.73 Å². The average Bonchev–Trinajstić information content (AvgIpc) is 2.42. The number of halogens is 2. The second-order valence-electron chi connectivity index (χ2n) is 3.36. The first kappa shape index (κ1) is 9.49. The summed E-state index contributed by atoms with van der Waals surface area (Å²) in [7, 11) is 0. The zero-order valence-corrected chi connectivity index (χ0v) is 9.48. The number of fused-ring (bicyclic) bond motifs is 1. The minimum atomic E-state index is 0.580. The van der Waals surface area contributed by atoms with E-state index in [2.05, 4.69) is 25.5 Å². The highest BCUT2D eigenvalue weighted by molar-refractivity contribution is 9.10. The van der Waals surface area contributed by atoms with E-state index in [4.69, 9.17) is 17.3 Å². The fourth-order valence-corrected chi connectivity index (χ4v) is 2.66. The molecule has 3 nitrogen and oxygen atoms in total. The molecule has 0 bridgehead atoms. The van der Waals surface area contributed by atoms with Crippen LogP contribution in [0, 0.1) is 5.92 Å². The molecule has 1 aliphatic rings. The van der Waals surface area contributed by atoms with Gasteiger partial charge in [0.2, 0.25) is 5.28 Å². The molecule has 1 aromatic rings. The topological polar surface area (TPSA) is 43.8 Å². The normalized spacial score (nSPS) is 21.6. The summed E-state index contributed by atoms with van der Waals surface area (Å²) in [4.78, 5) is 4.17. The second kappa shape index (κ2) is 3.59. The maximum absolute atomic E-state index is 5.94. The first-order chi connectivity index (χ1) is 6.22. The van der Waals surface area contributed by atoms with Crippen molar-refractivity contribution in [2.24, 2.45) is 11.7 Å². The van der Waals surface area contributed by atoms with Crippen molar-refractivity contribution >= 4 is 27.5 Å². The number of hydrogen-bond donors (Lipinski definition) is 1. The third kappa shape index (κ3) is 1.63. The molecule has 5 heteroatoms. The highest BCUT2D eigenvalue weighted by Gasteiger charge is 2.22. The molecule has 0 spiro atoms. The average molecular weight is 265 g/mol. The van der Waals surface area contributed by atoms with Gasteiger partial charge in [-0.25, -0.2) is 4.98 Å². The minimum absolute atomic E-state index is 0.580. The Hall–Kier alpha value is -0.0600. The lowest BCUT2D eigenvalue weighted by Gasteiger charge is -2.22. The molecule has 1 unspecified atom stereocenters. The molecule has 0 radical (unpaired) electrons. The maximum atomic E-state index is 5.94. The fraction of sp³-hybridized carbons (Fsp3) is 0.625. The largest absolute Gasteiger partial charge is 0.330 e. The highest BCUT2D eigenvalue weighted by atomic mass is 79.9. The van der Waals surface area contributed by atoms with Gasteiger partial charge in [0.25, 0.3) is 0 Å². The summed E-state index contributed by atoms with van der Waals surface area (Å²) >= 11 is 9.35. The van der Waals surface area contributed by atoms with Crippen LogP contribution in [0.15, 0.2) is 4.60 Å². The van der Waals surface area contributed by atoms with Crippen LogP contribution >= 0.6 is 27.5 Å². The Morgan fingerprint density at radius 2 is 2.46 bits per heavy atom. The molecule has 0 saturated heterocycles. The first-order valence-corrected chi connectivity index (χ1v) is 5.50. The van der Waals surface area contributed by atoms with Crippen molar-refractivity contribution in [1.82, 2.24) is 9.55 Å². The van der Waals surface area contributed by atoms with E-state index >= 15 is 0 Å². The lowest BCUT2D eigenvalue weighted by atomic mass is 9.97. The van der Waals surface area contributed by atoms with E-state index in [1.165, 1.54) is 5.69 Å². The molecular weight excluding hydrogens is 253 g/mol. The number of imidazole rings is 1. The van der Waals surface area contributed by atoms with Gasteiger partial charge < -0.3 is 10.3 Å². The van der Waals surface area contributed by atoms with Crippen molar-refractivity contribution in [2.45, 2.75) is 19.4 Å². The molecule has 13 heavy (non-hydrogen) atoms. The van der Waals surface area contributed by atoms with E-state index in [1.54, 1.807) is 0 Å². The van der Waals surface area contributed by atoms with Gasteiger partial charge in [0.1, 0.15) is 4.60 Å². The molecule has 1 aromatic heterocycles. The van der Waals surface area contributed by atoms with E-state index < -0.39 is 0 Å². The van der Waals surface area contributed by atoms with Crippen molar-refractivity contribution in [3.63, 3.8) is 0 Å². The van der Waals surface area contributed by atoms with Crippen LogP contribution in [0.5, 0.6) is 0 Å². The Morgan fingerprint density at radius 1 is 1.69 bits per heavy atom. The number of aromatic nitrogens is 2. The SMILES string of the molecule is NCC1CCn2c(Cl)nc(Br)c2C1. The van der Waals surface area contributed by atoms with Crippen LogP contribution in [-0.4, -0.2) is 16.1 Å². The Labute approximate surface area is 90.4 Å². The van der Waals surface area contributed by atoms with E-state index in [1.807, 2.05) is 0 Å². The third-order valence-corrected chi connectivity index (χ3v) is 3.48. The van der Waals surface area contributed by atoms with Gasteiger partial charge in [-0.1, -0.05) is 0 Å². The van der Waals surface area contributed by atoms with Crippen molar-refractivity contribution in [3.8, 4) is 0 Å². The predicted octanol–water partition coefficient (Wildman–Crippen LogP) is 1.82. The number of rotatable bonds is 1. The highest BCUT2D eigenvalue weighted by Crippen LogP contribution is 2.29. The lowest BCUT2D eigenvalue weighted by molar-refractivity contribution is 0.396. The summed E-state index contributed by atoms with van der Waals surface area (Å²) in [6.45, 7) is 1.68.